The average Bonchev–Trinajstić information content (AvgIpc) is 2.33. The van der Waals surface area contributed by atoms with Crippen molar-refractivity contribution in [1.29, 1.82) is 0 Å². The fourth-order valence-corrected chi connectivity index (χ4v) is 1.56. The lowest BCUT2D eigenvalue weighted by Crippen LogP contribution is -2.06. The van der Waals surface area contributed by atoms with Crippen molar-refractivity contribution in [2.75, 3.05) is 0 Å². The number of hydrogen-bond donors (Lipinski definition) is 0. The van der Waals surface area contributed by atoms with Crippen LogP contribution in [-0.2, 0) is 0 Å². The third kappa shape index (κ3) is 1.42. The molecule has 0 aromatic heterocycles. The quantitative estimate of drug-likeness (QED) is 0.404. The van der Waals surface area contributed by atoms with Crippen LogP contribution in [-0.4, -0.2) is 0 Å². The molecule has 0 aliphatic heterocycles. The van der Waals surface area contributed by atoms with E-state index in [2.05, 4.69) is 26.8 Å². The van der Waals surface area contributed by atoms with E-state index in [1.165, 1.54) is 19.3 Å². The molecule has 0 N–H and O–H groups in total. The lowest BCUT2D eigenvalue weighted by atomic mass is 9.87. The summed E-state index contributed by atoms with van der Waals surface area (Å²) in [7, 11) is 0. The predicted octanol–water partition coefficient (Wildman–Crippen LogP) is 3.35. The van der Waals surface area contributed by atoms with E-state index in [-0.39, 0.29) is 0 Å². The molecule has 10 heavy (non-hydrogen) atoms. The molecule has 0 heterocycles. The fourth-order valence-electron chi connectivity index (χ4n) is 1.56. The molecule has 0 heteroatoms. The number of allylic oxidation sites excluding steroid dienone is 2. The lowest BCUT2D eigenvalue weighted by Gasteiger charge is -2.22. The van der Waals surface area contributed by atoms with Crippen LogP contribution in [0, 0.1) is 12.3 Å². The maximum atomic E-state index is 3.96. The Balaban J connectivity index is 2.61. The van der Waals surface area contributed by atoms with Gasteiger partial charge in [0, 0.05) is 0 Å². The second-order valence-corrected chi connectivity index (χ2v) is 3.56. The Hall–Kier alpha value is -0.260. The predicted molar refractivity (Wildman–Crippen MR) is 45.7 cm³/mol. The Bertz CT molecular complexity index is 144. The summed E-state index contributed by atoms with van der Waals surface area (Å²) < 4.78 is 0. The Morgan fingerprint density at radius 2 is 2.40 bits per heavy atom. The highest BCUT2D eigenvalue weighted by atomic mass is 14.3. The van der Waals surface area contributed by atoms with Crippen molar-refractivity contribution in [3.05, 3.63) is 18.6 Å². The summed E-state index contributed by atoms with van der Waals surface area (Å²) in [5, 5.41) is 0. The van der Waals surface area contributed by atoms with Crippen LogP contribution in [0.15, 0.2) is 11.6 Å². The van der Waals surface area contributed by atoms with Gasteiger partial charge in [0.05, 0.1) is 0 Å². The van der Waals surface area contributed by atoms with E-state index in [9.17, 15) is 0 Å². The molecule has 0 spiro atoms. The monoisotopic (exact) mass is 137 g/mol. The molecular weight excluding hydrogens is 120 g/mol. The van der Waals surface area contributed by atoms with E-state index in [4.69, 9.17) is 0 Å². The second-order valence-electron chi connectivity index (χ2n) is 3.56. The summed E-state index contributed by atoms with van der Waals surface area (Å²) in [5.41, 5.74) is 2.07. The highest BCUT2D eigenvalue weighted by Gasteiger charge is 2.22. The van der Waals surface area contributed by atoms with E-state index in [0.717, 1.165) is 6.42 Å². The van der Waals surface area contributed by atoms with Gasteiger partial charge in [0.25, 0.3) is 0 Å². The normalized spacial score (nSPS) is 32.5. The van der Waals surface area contributed by atoms with E-state index in [1.807, 2.05) is 0 Å². The largest absolute Gasteiger partial charge is 0.343 e. The fraction of sp³-hybridized carbons (Fsp3) is 0.700. The van der Waals surface area contributed by atoms with Crippen LogP contribution >= 0.6 is 0 Å². The van der Waals surface area contributed by atoms with Crippen LogP contribution in [0.4, 0.5) is 0 Å². The Kier molecular flexibility index (Phi) is 2.18. The van der Waals surface area contributed by atoms with Gasteiger partial charge < -0.3 is 6.92 Å². The molecule has 0 radical (unpaired) electrons. The van der Waals surface area contributed by atoms with E-state index in [1.54, 1.807) is 5.57 Å². The first-order valence-corrected chi connectivity index (χ1v) is 4.20. The van der Waals surface area contributed by atoms with E-state index >= 15 is 0 Å². The minimum absolute atomic E-state index is 0.436. The van der Waals surface area contributed by atoms with Crippen LogP contribution < -0.4 is 0 Å². The molecule has 0 aromatic rings. The standard InChI is InChI=1S/C10H17/c1-4-9-6-7-10(3,5-2)8-9/h8H,2,4-7H2,1,3H3/q-1/t10-/m1/s1. The van der Waals surface area contributed by atoms with Crippen LogP contribution in [0.25, 0.3) is 0 Å². The highest BCUT2D eigenvalue weighted by Crippen LogP contribution is 2.38. The summed E-state index contributed by atoms with van der Waals surface area (Å²) in [4.78, 5) is 0. The molecule has 1 rings (SSSR count). The van der Waals surface area contributed by atoms with Crippen molar-refractivity contribution in [1.82, 2.24) is 0 Å². The third-order valence-electron chi connectivity index (χ3n) is 2.60. The van der Waals surface area contributed by atoms with Gasteiger partial charge in [-0.3, -0.25) is 0 Å². The van der Waals surface area contributed by atoms with Crippen molar-refractivity contribution in [2.45, 2.75) is 39.5 Å². The van der Waals surface area contributed by atoms with Crippen molar-refractivity contribution in [3.8, 4) is 0 Å². The minimum Gasteiger partial charge on any atom is -0.343 e. The first kappa shape index (κ1) is 7.84. The first-order chi connectivity index (χ1) is 4.70. The molecule has 0 aromatic carbocycles. The zero-order chi connectivity index (χ0) is 7.61. The van der Waals surface area contributed by atoms with Gasteiger partial charge in [-0.15, -0.1) is 0 Å². The topological polar surface area (TPSA) is 0 Å². The third-order valence-corrected chi connectivity index (χ3v) is 2.60. The molecule has 0 unspecified atom stereocenters. The molecule has 0 fully saturated rings. The molecular formula is C10H17-. The van der Waals surface area contributed by atoms with Gasteiger partial charge in [-0.1, -0.05) is 25.5 Å². The molecule has 58 valence electrons. The SMILES string of the molecule is [CH2-]C[C@@]1(C)C=C(CC)CC1. The van der Waals surface area contributed by atoms with Crippen LogP contribution in [0.3, 0.4) is 0 Å². The maximum Gasteiger partial charge on any atom is -0.0313 e. The second kappa shape index (κ2) is 2.77. The molecule has 1 aliphatic carbocycles. The summed E-state index contributed by atoms with van der Waals surface area (Å²) in [5.74, 6) is 0. The first-order valence-electron chi connectivity index (χ1n) is 4.20. The van der Waals surface area contributed by atoms with Gasteiger partial charge in [0.2, 0.25) is 0 Å². The van der Waals surface area contributed by atoms with Crippen molar-refractivity contribution < 1.29 is 0 Å². The van der Waals surface area contributed by atoms with Gasteiger partial charge in [0.15, 0.2) is 0 Å². The Morgan fingerprint density at radius 3 is 2.70 bits per heavy atom. The molecule has 0 saturated heterocycles. The Morgan fingerprint density at radius 1 is 1.70 bits per heavy atom. The van der Waals surface area contributed by atoms with Gasteiger partial charge in [-0.25, -0.2) is 0 Å². The Labute approximate surface area is 64.3 Å². The number of hydrogen-bond acceptors (Lipinski definition) is 0. The molecule has 1 aliphatic rings. The summed E-state index contributed by atoms with van der Waals surface area (Å²) >= 11 is 0. The summed E-state index contributed by atoms with van der Waals surface area (Å²) in [6, 6.07) is 0. The minimum atomic E-state index is 0.436. The van der Waals surface area contributed by atoms with E-state index < -0.39 is 0 Å². The molecule has 0 bridgehead atoms. The van der Waals surface area contributed by atoms with Crippen molar-refractivity contribution in [2.24, 2.45) is 5.41 Å². The zero-order valence-corrected chi connectivity index (χ0v) is 7.11. The van der Waals surface area contributed by atoms with Crippen LogP contribution in [0.2, 0.25) is 0 Å². The lowest BCUT2D eigenvalue weighted by molar-refractivity contribution is 0.423. The van der Waals surface area contributed by atoms with Gasteiger partial charge in [-0.05, 0) is 24.7 Å². The van der Waals surface area contributed by atoms with Crippen molar-refractivity contribution >= 4 is 0 Å². The summed E-state index contributed by atoms with van der Waals surface area (Å²) in [6.45, 7) is 8.51. The maximum absolute atomic E-state index is 3.96. The molecule has 0 nitrogen and oxygen atoms in total. The number of rotatable bonds is 2. The molecule has 0 saturated carbocycles. The molecule has 1 atom stereocenters. The van der Waals surface area contributed by atoms with Gasteiger partial charge in [0.1, 0.15) is 0 Å². The molecule has 0 amide bonds. The van der Waals surface area contributed by atoms with Crippen molar-refractivity contribution in [3.63, 3.8) is 0 Å². The summed E-state index contributed by atoms with van der Waals surface area (Å²) in [6.07, 6.45) is 7.34. The average molecular weight is 137 g/mol. The smallest absolute Gasteiger partial charge is 0.0313 e. The van der Waals surface area contributed by atoms with Gasteiger partial charge >= 0.3 is 0 Å². The van der Waals surface area contributed by atoms with E-state index in [0.29, 0.717) is 5.41 Å². The zero-order valence-electron chi connectivity index (χ0n) is 7.11. The van der Waals surface area contributed by atoms with Crippen LogP contribution in [0.5, 0.6) is 0 Å². The highest BCUT2D eigenvalue weighted by molar-refractivity contribution is 5.15. The van der Waals surface area contributed by atoms with Gasteiger partial charge in [-0.2, -0.15) is 6.42 Å². The van der Waals surface area contributed by atoms with Crippen LogP contribution in [0.1, 0.15) is 39.5 Å².